The van der Waals surface area contributed by atoms with Crippen molar-refractivity contribution in [2.24, 2.45) is 0 Å². The Bertz CT molecular complexity index is 1370. The maximum Gasteiger partial charge on any atom is 0.254 e. The number of rotatable bonds is 5. The average molecular weight is 485 g/mol. The molecule has 0 unspecified atom stereocenters. The van der Waals surface area contributed by atoms with Crippen molar-refractivity contribution < 1.29 is 26.8 Å². The van der Waals surface area contributed by atoms with Crippen LogP contribution in [0.2, 0.25) is 0 Å². The van der Waals surface area contributed by atoms with E-state index >= 15 is 0 Å². The standard InChI is InChI=1S/C25H22F2N2O4S/c1-34(32,33)18-7-8-19(20-4-2-3-5-22(20)26)21(15-18)25(31)29-12-10-28(11-13-29)24-9-6-17(16-30)14-23(24)27/h2-9,14-16H,10-13H2,1H3. The molecule has 4 rings (SSSR count). The molecule has 6 nitrogen and oxygen atoms in total. The summed E-state index contributed by atoms with van der Waals surface area (Å²) in [5.74, 6) is -1.48. The van der Waals surface area contributed by atoms with Crippen molar-refractivity contribution >= 4 is 27.7 Å². The van der Waals surface area contributed by atoms with Crippen LogP contribution in [0.5, 0.6) is 0 Å². The molecular formula is C25H22F2N2O4S. The molecule has 0 spiro atoms. The second-order valence-electron chi connectivity index (χ2n) is 8.07. The van der Waals surface area contributed by atoms with Gasteiger partial charge in [0.05, 0.1) is 10.6 Å². The quantitative estimate of drug-likeness (QED) is 0.515. The highest BCUT2D eigenvalue weighted by Gasteiger charge is 2.27. The molecule has 0 saturated carbocycles. The largest absolute Gasteiger partial charge is 0.366 e. The molecule has 176 valence electrons. The monoisotopic (exact) mass is 484 g/mol. The minimum absolute atomic E-state index is 0.0353. The van der Waals surface area contributed by atoms with E-state index in [1.165, 1.54) is 48.5 Å². The lowest BCUT2D eigenvalue weighted by atomic mass is 9.98. The number of sulfone groups is 1. The van der Waals surface area contributed by atoms with Crippen LogP contribution >= 0.6 is 0 Å². The van der Waals surface area contributed by atoms with Crippen molar-refractivity contribution in [1.29, 1.82) is 0 Å². The minimum Gasteiger partial charge on any atom is -0.366 e. The summed E-state index contributed by atoms with van der Waals surface area (Å²) in [7, 11) is -3.59. The molecule has 0 bridgehead atoms. The maximum absolute atomic E-state index is 14.5. The highest BCUT2D eigenvalue weighted by molar-refractivity contribution is 7.90. The Morgan fingerprint density at radius 3 is 2.21 bits per heavy atom. The van der Waals surface area contributed by atoms with Crippen molar-refractivity contribution in [3.63, 3.8) is 0 Å². The second-order valence-corrected chi connectivity index (χ2v) is 10.1. The average Bonchev–Trinajstić information content (AvgIpc) is 2.83. The smallest absolute Gasteiger partial charge is 0.254 e. The summed E-state index contributed by atoms with van der Waals surface area (Å²) < 4.78 is 53.1. The Balaban J connectivity index is 1.63. The first-order valence-corrected chi connectivity index (χ1v) is 12.5. The van der Waals surface area contributed by atoms with Gasteiger partial charge in [-0.2, -0.15) is 0 Å². The number of benzene rings is 3. The molecule has 0 aromatic heterocycles. The van der Waals surface area contributed by atoms with Gasteiger partial charge in [0.15, 0.2) is 9.84 Å². The summed E-state index contributed by atoms with van der Waals surface area (Å²) in [6, 6.07) is 14.3. The number of halogens is 2. The van der Waals surface area contributed by atoms with Crippen LogP contribution in [-0.2, 0) is 9.84 Å². The Morgan fingerprint density at radius 2 is 1.59 bits per heavy atom. The van der Waals surface area contributed by atoms with Crippen molar-refractivity contribution in [1.82, 2.24) is 4.90 Å². The first-order valence-electron chi connectivity index (χ1n) is 10.6. The molecule has 34 heavy (non-hydrogen) atoms. The molecule has 9 heteroatoms. The van der Waals surface area contributed by atoms with E-state index in [0.717, 1.165) is 12.3 Å². The van der Waals surface area contributed by atoms with E-state index in [1.807, 2.05) is 0 Å². The van der Waals surface area contributed by atoms with E-state index in [-0.39, 0.29) is 34.7 Å². The summed E-state index contributed by atoms with van der Waals surface area (Å²) in [5.41, 5.74) is 1.16. The van der Waals surface area contributed by atoms with Crippen molar-refractivity contribution in [3.05, 3.63) is 83.4 Å². The van der Waals surface area contributed by atoms with Crippen LogP contribution in [0, 0.1) is 11.6 Å². The fraction of sp³-hybridized carbons (Fsp3) is 0.200. The molecule has 1 amide bonds. The molecule has 3 aromatic rings. The molecule has 0 aliphatic carbocycles. The first-order chi connectivity index (χ1) is 16.2. The second kappa shape index (κ2) is 9.34. The van der Waals surface area contributed by atoms with Gasteiger partial charge in [0, 0.05) is 49.1 Å². The van der Waals surface area contributed by atoms with Crippen LogP contribution in [0.25, 0.3) is 11.1 Å². The van der Waals surface area contributed by atoms with E-state index in [9.17, 15) is 26.8 Å². The normalized spacial score (nSPS) is 14.2. The lowest BCUT2D eigenvalue weighted by Crippen LogP contribution is -2.49. The Kier molecular flexibility index (Phi) is 6.47. The Hall–Kier alpha value is -3.59. The summed E-state index contributed by atoms with van der Waals surface area (Å²) >= 11 is 0. The number of piperazine rings is 1. The van der Waals surface area contributed by atoms with Gasteiger partial charge in [0.1, 0.15) is 17.9 Å². The zero-order chi connectivity index (χ0) is 24.5. The van der Waals surface area contributed by atoms with E-state index < -0.39 is 27.4 Å². The molecule has 1 heterocycles. The van der Waals surface area contributed by atoms with Crippen LogP contribution in [0.4, 0.5) is 14.5 Å². The fourth-order valence-electron chi connectivity index (χ4n) is 4.02. The van der Waals surface area contributed by atoms with Crippen LogP contribution in [0.1, 0.15) is 20.7 Å². The highest BCUT2D eigenvalue weighted by Crippen LogP contribution is 2.30. The van der Waals surface area contributed by atoms with Gasteiger partial charge in [-0.25, -0.2) is 17.2 Å². The number of aldehydes is 1. The Morgan fingerprint density at radius 1 is 0.882 bits per heavy atom. The summed E-state index contributed by atoms with van der Waals surface area (Å²) in [6.45, 7) is 1.19. The summed E-state index contributed by atoms with van der Waals surface area (Å²) in [6.07, 6.45) is 1.61. The molecule has 1 saturated heterocycles. The van der Waals surface area contributed by atoms with E-state index in [1.54, 1.807) is 15.9 Å². The van der Waals surface area contributed by atoms with Gasteiger partial charge in [-0.1, -0.05) is 24.3 Å². The number of anilines is 1. The predicted octanol–water partition coefficient (Wildman–Crippen LogP) is 3.81. The van der Waals surface area contributed by atoms with E-state index in [0.29, 0.717) is 30.6 Å². The van der Waals surface area contributed by atoms with E-state index in [2.05, 4.69) is 0 Å². The molecule has 1 fully saturated rings. The van der Waals surface area contributed by atoms with E-state index in [4.69, 9.17) is 0 Å². The Labute approximate surface area is 196 Å². The van der Waals surface area contributed by atoms with Gasteiger partial charge >= 0.3 is 0 Å². The molecular weight excluding hydrogens is 462 g/mol. The number of amides is 1. The zero-order valence-corrected chi connectivity index (χ0v) is 19.2. The molecule has 0 radical (unpaired) electrons. The third kappa shape index (κ3) is 4.70. The zero-order valence-electron chi connectivity index (χ0n) is 18.4. The van der Waals surface area contributed by atoms with Gasteiger partial charge in [-0.3, -0.25) is 9.59 Å². The molecule has 1 aliphatic rings. The van der Waals surface area contributed by atoms with Gasteiger partial charge in [0.25, 0.3) is 5.91 Å². The van der Waals surface area contributed by atoms with Gasteiger partial charge in [-0.15, -0.1) is 0 Å². The van der Waals surface area contributed by atoms with Crippen LogP contribution in [0.15, 0.2) is 65.6 Å². The number of hydrogen-bond donors (Lipinski definition) is 0. The highest BCUT2D eigenvalue weighted by atomic mass is 32.2. The topological polar surface area (TPSA) is 74.8 Å². The van der Waals surface area contributed by atoms with Crippen LogP contribution in [0.3, 0.4) is 0 Å². The van der Waals surface area contributed by atoms with Gasteiger partial charge < -0.3 is 9.80 Å². The van der Waals surface area contributed by atoms with Crippen molar-refractivity contribution in [2.45, 2.75) is 4.90 Å². The lowest BCUT2D eigenvalue weighted by molar-refractivity contribution is 0.0747. The van der Waals surface area contributed by atoms with Crippen molar-refractivity contribution in [3.8, 4) is 11.1 Å². The molecule has 1 aliphatic heterocycles. The third-order valence-corrected chi connectivity index (χ3v) is 6.94. The SMILES string of the molecule is CS(=O)(=O)c1ccc(-c2ccccc2F)c(C(=O)N2CCN(c3ccc(C=O)cc3F)CC2)c1. The molecule has 0 N–H and O–H groups in total. The van der Waals surface area contributed by atoms with Gasteiger partial charge in [-0.05, 0) is 42.0 Å². The van der Waals surface area contributed by atoms with Crippen LogP contribution in [-0.4, -0.2) is 57.9 Å². The van der Waals surface area contributed by atoms with Gasteiger partial charge in [0.2, 0.25) is 0 Å². The number of hydrogen-bond acceptors (Lipinski definition) is 5. The number of carbonyl (C=O) groups is 2. The predicted molar refractivity (Wildman–Crippen MR) is 125 cm³/mol. The molecule has 0 atom stereocenters. The maximum atomic E-state index is 14.5. The van der Waals surface area contributed by atoms with Crippen molar-refractivity contribution in [2.75, 3.05) is 37.3 Å². The lowest BCUT2D eigenvalue weighted by Gasteiger charge is -2.36. The summed E-state index contributed by atoms with van der Waals surface area (Å²) in [4.78, 5) is 27.6. The number of nitrogens with zero attached hydrogens (tertiary/aromatic N) is 2. The fourth-order valence-corrected chi connectivity index (χ4v) is 4.67. The third-order valence-electron chi connectivity index (χ3n) is 5.83. The minimum atomic E-state index is -3.59. The molecule has 3 aromatic carbocycles. The summed E-state index contributed by atoms with van der Waals surface area (Å²) in [5, 5.41) is 0. The van der Waals surface area contributed by atoms with Crippen LogP contribution < -0.4 is 4.90 Å². The number of carbonyl (C=O) groups excluding carboxylic acids is 2. The first kappa shape index (κ1) is 23.6.